The summed E-state index contributed by atoms with van der Waals surface area (Å²) in [5.74, 6) is 1.11. The van der Waals surface area contributed by atoms with E-state index in [1.165, 1.54) is 5.56 Å². The van der Waals surface area contributed by atoms with Crippen molar-refractivity contribution in [3.63, 3.8) is 0 Å². The van der Waals surface area contributed by atoms with Crippen molar-refractivity contribution in [3.8, 4) is 5.75 Å². The minimum Gasteiger partial charge on any atom is -0.497 e. The summed E-state index contributed by atoms with van der Waals surface area (Å²) in [5.41, 5.74) is 1.20. The van der Waals surface area contributed by atoms with E-state index in [0.717, 1.165) is 25.0 Å². The molecule has 0 heterocycles. The van der Waals surface area contributed by atoms with Gasteiger partial charge in [-0.3, -0.25) is 0 Å². The van der Waals surface area contributed by atoms with E-state index in [9.17, 15) is 5.11 Å². The normalized spacial score (nSPS) is 14.5. The van der Waals surface area contributed by atoms with Crippen LogP contribution in [-0.2, 0) is 0 Å². The summed E-state index contributed by atoms with van der Waals surface area (Å²) in [4.78, 5) is 0. The summed E-state index contributed by atoms with van der Waals surface area (Å²) in [5, 5.41) is 10.1. The van der Waals surface area contributed by atoms with Crippen LogP contribution in [0.1, 0.15) is 44.6 Å². The summed E-state index contributed by atoms with van der Waals surface area (Å²) in [6.45, 7) is 4.22. The highest BCUT2D eigenvalue weighted by molar-refractivity contribution is 5.29. The van der Waals surface area contributed by atoms with Crippen LogP contribution in [0.4, 0.5) is 0 Å². The predicted octanol–water partition coefficient (Wildman–Crippen LogP) is 3.35. The Morgan fingerprint density at radius 1 is 1.19 bits per heavy atom. The Morgan fingerprint density at radius 3 is 2.25 bits per heavy atom. The fraction of sp³-hybridized carbons (Fsp3) is 0.571. The number of rotatable bonds is 6. The van der Waals surface area contributed by atoms with Crippen LogP contribution in [0, 0.1) is 0 Å². The molecule has 2 heteroatoms. The fourth-order valence-electron chi connectivity index (χ4n) is 2.08. The van der Waals surface area contributed by atoms with E-state index in [0.29, 0.717) is 0 Å². The van der Waals surface area contributed by atoms with Gasteiger partial charge in [0.2, 0.25) is 0 Å². The smallest absolute Gasteiger partial charge is 0.118 e. The highest BCUT2D eigenvalue weighted by atomic mass is 16.5. The van der Waals surface area contributed by atoms with Gasteiger partial charge in [-0.15, -0.1) is 0 Å². The monoisotopic (exact) mass is 222 g/mol. The van der Waals surface area contributed by atoms with E-state index in [4.69, 9.17) is 4.74 Å². The molecule has 0 spiro atoms. The molecule has 0 amide bonds. The Morgan fingerprint density at radius 2 is 1.81 bits per heavy atom. The van der Waals surface area contributed by atoms with Gasteiger partial charge >= 0.3 is 0 Å². The first-order valence-corrected chi connectivity index (χ1v) is 6.04. The standard InChI is InChI=1S/C14H22O2/c1-4-6-14(15)13(5-2)11-7-9-12(16-3)10-8-11/h7-10,13-15H,4-6H2,1-3H3. The largest absolute Gasteiger partial charge is 0.497 e. The SMILES string of the molecule is CCCC(O)C(CC)c1ccc(OC)cc1. The van der Waals surface area contributed by atoms with Gasteiger partial charge in [-0.05, 0) is 30.5 Å². The van der Waals surface area contributed by atoms with Crippen molar-refractivity contribution in [1.82, 2.24) is 0 Å². The van der Waals surface area contributed by atoms with Crippen molar-refractivity contribution in [2.75, 3.05) is 7.11 Å². The Bertz CT molecular complexity index is 292. The van der Waals surface area contributed by atoms with Crippen molar-refractivity contribution >= 4 is 0 Å². The highest BCUT2D eigenvalue weighted by Crippen LogP contribution is 2.27. The molecule has 0 radical (unpaired) electrons. The number of aliphatic hydroxyl groups excluding tert-OH is 1. The Balaban J connectivity index is 2.78. The van der Waals surface area contributed by atoms with Gasteiger partial charge in [-0.1, -0.05) is 32.4 Å². The van der Waals surface area contributed by atoms with Crippen molar-refractivity contribution in [2.24, 2.45) is 0 Å². The second-order valence-electron chi connectivity index (χ2n) is 4.14. The van der Waals surface area contributed by atoms with Crippen molar-refractivity contribution < 1.29 is 9.84 Å². The highest BCUT2D eigenvalue weighted by Gasteiger charge is 2.18. The lowest BCUT2D eigenvalue weighted by molar-refractivity contribution is 0.130. The zero-order valence-electron chi connectivity index (χ0n) is 10.4. The zero-order chi connectivity index (χ0) is 12.0. The van der Waals surface area contributed by atoms with Crippen molar-refractivity contribution in [2.45, 2.75) is 45.1 Å². The fourth-order valence-corrected chi connectivity index (χ4v) is 2.08. The molecular formula is C14H22O2. The molecule has 90 valence electrons. The Labute approximate surface area is 98.3 Å². The van der Waals surface area contributed by atoms with Gasteiger partial charge in [0.05, 0.1) is 13.2 Å². The number of ether oxygens (including phenoxy) is 1. The Kier molecular flexibility index (Phi) is 5.33. The topological polar surface area (TPSA) is 29.5 Å². The van der Waals surface area contributed by atoms with Gasteiger partial charge in [-0.2, -0.15) is 0 Å². The van der Waals surface area contributed by atoms with Crippen LogP contribution in [0.2, 0.25) is 0 Å². The molecule has 0 aliphatic carbocycles. The van der Waals surface area contributed by atoms with Crippen molar-refractivity contribution in [1.29, 1.82) is 0 Å². The van der Waals surface area contributed by atoms with Crippen LogP contribution in [0.15, 0.2) is 24.3 Å². The Hall–Kier alpha value is -1.02. The second kappa shape index (κ2) is 6.54. The first kappa shape index (κ1) is 13.0. The molecule has 2 nitrogen and oxygen atoms in total. The zero-order valence-corrected chi connectivity index (χ0v) is 10.4. The molecule has 1 aromatic rings. The number of aliphatic hydroxyl groups is 1. The molecule has 0 aliphatic rings. The van der Waals surface area contributed by atoms with Gasteiger partial charge in [0.1, 0.15) is 5.75 Å². The van der Waals surface area contributed by atoms with E-state index in [2.05, 4.69) is 13.8 Å². The van der Waals surface area contributed by atoms with Crippen LogP contribution < -0.4 is 4.74 Å². The lowest BCUT2D eigenvalue weighted by Gasteiger charge is -2.21. The minimum absolute atomic E-state index is 0.233. The molecule has 0 bridgehead atoms. The molecule has 1 rings (SSSR count). The third-order valence-electron chi connectivity index (χ3n) is 3.03. The average Bonchev–Trinajstić information content (AvgIpc) is 2.31. The first-order chi connectivity index (χ1) is 7.72. The minimum atomic E-state index is -0.233. The van der Waals surface area contributed by atoms with E-state index < -0.39 is 0 Å². The molecule has 0 saturated carbocycles. The summed E-state index contributed by atoms with van der Waals surface area (Å²) in [6, 6.07) is 8.01. The molecular weight excluding hydrogens is 200 g/mol. The second-order valence-corrected chi connectivity index (χ2v) is 4.14. The van der Waals surface area contributed by atoms with Gasteiger partial charge in [0.15, 0.2) is 0 Å². The summed E-state index contributed by atoms with van der Waals surface area (Å²) in [7, 11) is 1.66. The predicted molar refractivity (Wildman–Crippen MR) is 66.9 cm³/mol. The van der Waals surface area contributed by atoms with Crippen LogP contribution in [0.25, 0.3) is 0 Å². The number of hydrogen-bond acceptors (Lipinski definition) is 2. The van der Waals surface area contributed by atoms with Gasteiger partial charge in [0, 0.05) is 5.92 Å². The van der Waals surface area contributed by atoms with Crippen LogP contribution >= 0.6 is 0 Å². The third kappa shape index (κ3) is 3.24. The molecule has 1 aromatic carbocycles. The van der Waals surface area contributed by atoms with Crippen molar-refractivity contribution in [3.05, 3.63) is 29.8 Å². The van der Waals surface area contributed by atoms with E-state index in [1.54, 1.807) is 7.11 Å². The van der Waals surface area contributed by atoms with E-state index >= 15 is 0 Å². The molecule has 0 aliphatic heterocycles. The number of benzene rings is 1. The van der Waals surface area contributed by atoms with Crippen LogP contribution in [-0.4, -0.2) is 18.3 Å². The number of methoxy groups -OCH3 is 1. The summed E-state index contributed by atoms with van der Waals surface area (Å²) >= 11 is 0. The quantitative estimate of drug-likeness (QED) is 0.799. The van der Waals surface area contributed by atoms with E-state index in [1.807, 2.05) is 24.3 Å². The van der Waals surface area contributed by atoms with Gasteiger partial charge in [0.25, 0.3) is 0 Å². The third-order valence-corrected chi connectivity index (χ3v) is 3.03. The lowest BCUT2D eigenvalue weighted by Crippen LogP contribution is -2.17. The molecule has 16 heavy (non-hydrogen) atoms. The summed E-state index contributed by atoms with van der Waals surface area (Å²) in [6.07, 6.45) is 2.62. The maximum atomic E-state index is 10.1. The first-order valence-electron chi connectivity index (χ1n) is 6.04. The molecule has 0 fully saturated rings. The summed E-state index contributed by atoms with van der Waals surface area (Å²) < 4.78 is 5.13. The lowest BCUT2D eigenvalue weighted by atomic mass is 9.89. The molecule has 0 saturated heterocycles. The molecule has 0 aromatic heterocycles. The number of hydrogen-bond donors (Lipinski definition) is 1. The van der Waals surface area contributed by atoms with Gasteiger partial charge in [-0.25, -0.2) is 0 Å². The van der Waals surface area contributed by atoms with E-state index in [-0.39, 0.29) is 12.0 Å². The van der Waals surface area contributed by atoms with Crippen LogP contribution in [0.5, 0.6) is 5.75 Å². The molecule has 2 atom stereocenters. The average molecular weight is 222 g/mol. The maximum absolute atomic E-state index is 10.1. The molecule has 2 unspecified atom stereocenters. The maximum Gasteiger partial charge on any atom is 0.118 e. The molecule has 1 N–H and O–H groups in total. The van der Waals surface area contributed by atoms with Gasteiger partial charge < -0.3 is 9.84 Å². The van der Waals surface area contributed by atoms with Crippen LogP contribution in [0.3, 0.4) is 0 Å².